The summed E-state index contributed by atoms with van der Waals surface area (Å²) >= 11 is 7.54. The molecule has 2 aromatic carbocycles. The van der Waals surface area contributed by atoms with Crippen LogP contribution in [0.3, 0.4) is 0 Å². The van der Waals surface area contributed by atoms with E-state index >= 15 is 0 Å². The minimum Gasteiger partial charge on any atom is -0.313 e. The Hall–Kier alpha value is -1.75. The van der Waals surface area contributed by atoms with Gasteiger partial charge >= 0.3 is 0 Å². The van der Waals surface area contributed by atoms with E-state index in [1.165, 1.54) is 24.8 Å². The van der Waals surface area contributed by atoms with Crippen LogP contribution in [0.4, 0.5) is 0 Å². The van der Waals surface area contributed by atoms with Gasteiger partial charge in [-0.1, -0.05) is 79.1 Å². The van der Waals surface area contributed by atoms with Crippen LogP contribution in [0.15, 0.2) is 48.5 Å². The zero-order valence-corrected chi connectivity index (χ0v) is 15.9. The smallest absolute Gasteiger partial charge is 0.148 e. The van der Waals surface area contributed by atoms with Crippen LogP contribution in [0.25, 0.3) is 21.1 Å². The van der Waals surface area contributed by atoms with E-state index in [1.54, 1.807) is 11.3 Å². The standard InChI is InChI=1S/C20H22ClN3S/c1-2-3-4-13-22-14-15-5-7-16(8-6-15)19-23-24-20(25-19)17-9-11-18(21)12-10-17/h5-12,22H,2-4,13-14H2,1H3. The summed E-state index contributed by atoms with van der Waals surface area (Å²) in [4.78, 5) is 0. The number of halogens is 1. The van der Waals surface area contributed by atoms with E-state index in [9.17, 15) is 0 Å². The summed E-state index contributed by atoms with van der Waals surface area (Å²) in [7, 11) is 0. The summed E-state index contributed by atoms with van der Waals surface area (Å²) in [5, 5.41) is 14.7. The Bertz CT molecular complexity index is 781. The maximum atomic E-state index is 5.94. The van der Waals surface area contributed by atoms with Crippen molar-refractivity contribution in [2.75, 3.05) is 6.54 Å². The first-order valence-corrected chi connectivity index (χ1v) is 9.85. The largest absolute Gasteiger partial charge is 0.313 e. The molecular formula is C20H22ClN3S. The predicted octanol–water partition coefficient (Wildman–Crippen LogP) is 5.81. The molecule has 25 heavy (non-hydrogen) atoms. The third-order valence-electron chi connectivity index (χ3n) is 4.00. The summed E-state index contributed by atoms with van der Waals surface area (Å²) in [6, 6.07) is 16.3. The molecule has 0 aliphatic carbocycles. The molecule has 0 fully saturated rings. The number of rotatable bonds is 8. The van der Waals surface area contributed by atoms with E-state index in [0.717, 1.165) is 39.3 Å². The van der Waals surface area contributed by atoms with Gasteiger partial charge < -0.3 is 5.32 Å². The molecule has 0 aliphatic heterocycles. The van der Waals surface area contributed by atoms with Crippen LogP contribution >= 0.6 is 22.9 Å². The molecule has 0 spiro atoms. The van der Waals surface area contributed by atoms with Gasteiger partial charge in [0.25, 0.3) is 0 Å². The van der Waals surface area contributed by atoms with Gasteiger partial charge in [0.1, 0.15) is 10.0 Å². The highest BCUT2D eigenvalue weighted by Gasteiger charge is 2.08. The lowest BCUT2D eigenvalue weighted by Crippen LogP contribution is -2.14. The van der Waals surface area contributed by atoms with E-state index in [2.05, 4.69) is 46.7 Å². The summed E-state index contributed by atoms with van der Waals surface area (Å²) in [6.45, 7) is 4.22. The van der Waals surface area contributed by atoms with Crippen molar-refractivity contribution in [2.45, 2.75) is 32.7 Å². The Balaban J connectivity index is 1.62. The SMILES string of the molecule is CCCCCNCc1ccc(-c2nnc(-c3ccc(Cl)cc3)s2)cc1. The highest BCUT2D eigenvalue weighted by molar-refractivity contribution is 7.17. The number of benzene rings is 2. The minimum absolute atomic E-state index is 0.729. The van der Waals surface area contributed by atoms with Crippen LogP contribution in [0.1, 0.15) is 31.7 Å². The third kappa shape index (κ3) is 5.11. The molecule has 0 atom stereocenters. The Morgan fingerprint density at radius 1 is 0.880 bits per heavy atom. The van der Waals surface area contributed by atoms with Crippen molar-refractivity contribution < 1.29 is 0 Å². The lowest BCUT2D eigenvalue weighted by molar-refractivity contribution is 0.617. The molecule has 3 aromatic rings. The second-order valence-corrected chi connectivity index (χ2v) is 7.41. The van der Waals surface area contributed by atoms with Gasteiger partial charge in [-0.15, -0.1) is 10.2 Å². The van der Waals surface area contributed by atoms with Crippen LogP contribution in [0, 0.1) is 0 Å². The zero-order valence-electron chi connectivity index (χ0n) is 14.3. The number of aromatic nitrogens is 2. The molecule has 3 rings (SSSR count). The molecule has 0 bridgehead atoms. The van der Waals surface area contributed by atoms with Crippen LogP contribution in [0.5, 0.6) is 0 Å². The van der Waals surface area contributed by atoms with Crippen molar-refractivity contribution in [2.24, 2.45) is 0 Å². The van der Waals surface area contributed by atoms with Crippen molar-refractivity contribution in [3.63, 3.8) is 0 Å². The molecule has 1 aromatic heterocycles. The molecule has 0 amide bonds. The number of hydrogen-bond donors (Lipinski definition) is 1. The van der Waals surface area contributed by atoms with E-state index in [0.29, 0.717) is 0 Å². The molecule has 0 unspecified atom stereocenters. The Labute approximate surface area is 158 Å². The van der Waals surface area contributed by atoms with Crippen LogP contribution < -0.4 is 5.32 Å². The topological polar surface area (TPSA) is 37.8 Å². The molecular weight excluding hydrogens is 350 g/mol. The number of nitrogens with zero attached hydrogens (tertiary/aromatic N) is 2. The quantitative estimate of drug-likeness (QED) is 0.508. The Kier molecular flexibility index (Phi) is 6.56. The second-order valence-electron chi connectivity index (χ2n) is 6.00. The molecule has 1 heterocycles. The number of hydrogen-bond acceptors (Lipinski definition) is 4. The molecule has 1 N–H and O–H groups in total. The molecule has 5 heteroatoms. The van der Waals surface area contributed by atoms with Gasteiger partial charge in [-0.25, -0.2) is 0 Å². The molecule has 130 valence electrons. The fourth-order valence-electron chi connectivity index (χ4n) is 2.55. The predicted molar refractivity (Wildman–Crippen MR) is 107 cm³/mol. The van der Waals surface area contributed by atoms with Crippen molar-refractivity contribution in [1.29, 1.82) is 0 Å². The van der Waals surface area contributed by atoms with Crippen molar-refractivity contribution in [3.8, 4) is 21.1 Å². The van der Waals surface area contributed by atoms with Crippen molar-refractivity contribution in [1.82, 2.24) is 15.5 Å². The minimum atomic E-state index is 0.729. The average Bonchev–Trinajstić information content (AvgIpc) is 3.13. The van der Waals surface area contributed by atoms with Crippen LogP contribution in [0.2, 0.25) is 5.02 Å². The van der Waals surface area contributed by atoms with Gasteiger partial charge in [-0.05, 0) is 30.7 Å². The summed E-state index contributed by atoms with van der Waals surface area (Å²) in [5.41, 5.74) is 3.44. The number of nitrogens with one attached hydrogen (secondary N) is 1. The van der Waals surface area contributed by atoms with Gasteiger partial charge in [0, 0.05) is 22.7 Å². The van der Waals surface area contributed by atoms with Gasteiger partial charge in [-0.2, -0.15) is 0 Å². The van der Waals surface area contributed by atoms with E-state index < -0.39 is 0 Å². The first-order chi connectivity index (χ1) is 12.3. The second kappa shape index (κ2) is 9.09. The summed E-state index contributed by atoms with van der Waals surface area (Å²) in [5.74, 6) is 0. The van der Waals surface area contributed by atoms with E-state index in [1.807, 2.05) is 24.3 Å². The fraction of sp³-hybridized carbons (Fsp3) is 0.300. The van der Waals surface area contributed by atoms with Gasteiger partial charge in [0.05, 0.1) is 0 Å². The summed E-state index contributed by atoms with van der Waals surface area (Å²) in [6.07, 6.45) is 3.79. The maximum absolute atomic E-state index is 5.94. The molecule has 3 nitrogen and oxygen atoms in total. The lowest BCUT2D eigenvalue weighted by Gasteiger charge is -2.05. The summed E-state index contributed by atoms with van der Waals surface area (Å²) < 4.78 is 0. The molecule has 0 saturated carbocycles. The first-order valence-electron chi connectivity index (χ1n) is 8.65. The first kappa shape index (κ1) is 18.1. The van der Waals surface area contributed by atoms with Gasteiger partial charge in [-0.3, -0.25) is 0 Å². The highest BCUT2D eigenvalue weighted by Crippen LogP contribution is 2.30. The van der Waals surface area contributed by atoms with Crippen molar-refractivity contribution in [3.05, 3.63) is 59.1 Å². The Morgan fingerprint density at radius 3 is 2.08 bits per heavy atom. The molecule has 0 aliphatic rings. The van der Waals surface area contributed by atoms with Crippen LogP contribution in [-0.2, 0) is 6.54 Å². The van der Waals surface area contributed by atoms with Crippen molar-refractivity contribution >= 4 is 22.9 Å². The number of unbranched alkanes of at least 4 members (excludes halogenated alkanes) is 2. The fourth-order valence-corrected chi connectivity index (χ4v) is 3.53. The molecule has 0 radical (unpaired) electrons. The van der Waals surface area contributed by atoms with Gasteiger partial charge in [0.2, 0.25) is 0 Å². The van der Waals surface area contributed by atoms with Crippen LogP contribution in [-0.4, -0.2) is 16.7 Å². The maximum Gasteiger partial charge on any atom is 0.148 e. The highest BCUT2D eigenvalue weighted by atomic mass is 35.5. The van der Waals surface area contributed by atoms with Gasteiger partial charge in [0.15, 0.2) is 0 Å². The lowest BCUT2D eigenvalue weighted by atomic mass is 10.1. The Morgan fingerprint density at radius 2 is 1.48 bits per heavy atom. The third-order valence-corrected chi connectivity index (χ3v) is 5.28. The molecule has 0 saturated heterocycles. The monoisotopic (exact) mass is 371 g/mol. The van der Waals surface area contributed by atoms with E-state index in [4.69, 9.17) is 11.6 Å². The average molecular weight is 372 g/mol. The normalized spacial score (nSPS) is 11.0. The van der Waals surface area contributed by atoms with E-state index in [-0.39, 0.29) is 0 Å². The zero-order chi connectivity index (χ0) is 17.5.